The minimum atomic E-state index is -4.25. The third-order valence-corrected chi connectivity index (χ3v) is 6.10. The van der Waals surface area contributed by atoms with Crippen molar-refractivity contribution in [2.75, 3.05) is 18.0 Å². The predicted molar refractivity (Wildman–Crippen MR) is 114 cm³/mol. The average Bonchev–Trinajstić information content (AvgIpc) is 2.65. The first-order valence-corrected chi connectivity index (χ1v) is 10.7. The number of anilines is 1. The maximum absolute atomic E-state index is 12.5. The summed E-state index contributed by atoms with van der Waals surface area (Å²) < 4.78 is 24.9. The number of hydrogen-bond donors (Lipinski definition) is 7. The van der Waals surface area contributed by atoms with Crippen molar-refractivity contribution >= 4 is 39.2 Å². The lowest BCUT2D eigenvalue weighted by molar-refractivity contribution is 0.100. The number of thioether (sulfide) groups is 1. The summed E-state index contributed by atoms with van der Waals surface area (Å²) >= 11 is 1.19. The summed E-state index contributed by atoms with van der Waals surface area (Å²) in [6.07, 6.45) is 0. The van der Waals surface area contributed by atoms with E-state index in [4.69, 9.17) is 33.9 Å². The number of nitrogens with two attached hydrogens (primary N) is 6. The Morgan fingerprint density at radius 3 is 2.38 bits per heavy atom. The normalized spacial score (nSPS) is 12.0. The van der Waals surface area contributed by atoms with Gasteiger partial charge in [0.1, 0.15) is 4.90 Å². The van der Waals surface area contributed by atoms with E-state index in [1.54, 1.807) is 24.3 Å². The maximum Gasteiger partial charge on any atom is 0.250 e. The van der Waals surface area contributed by atoms with E-state index in [9.17, 15) is 13.2 Å². The number of nitrogens with zero attached hydrogens (tertiary/aromatic N) is 1. The number of rotatable bonds is 8. The van der Waals surface area contributed by atoms with Gasteiger partial charge in [0.25, 0.3) is 5.91 Å². The van der Waals surface area contributed by atoms with Crippen LogP contribution in [0.4, 0.5) is 5.69 Å². The highest BCUT2D eigenvalue weighted by molar-refractivity contribution is 8.00. The summed E-state index contributed by atoms with van der Waals surface area (Å²) in [5.74, 6) is 4.68. The Hall–Kier alpha value is -2.84. The maximum atomic E-state index is 12.5. The SMILES string of the molecule is NCCSc1ccc(-c2cccc(C(N)=O)c2N)c(/C(N)=N/NN)c1S(N)(=O)=O. The van der Waals surface area contributed by atoms with Gasteiger partial charge < -0.3 is 22.9 Å². The number of primary amides is 1. The van der Waals surface area contributed by atoms with Crippen molar-refractivity contribution in [3.8, 4) is 11.1 Å². The summed E-state index contributed by atoms with van der Waals surface area (Å²) in [7, 11) is -4.25. The number of amides is 1. The van der Waals surface area contributed by atoms with Crippen LogP contribution in [0.1, 0.15) is 15.9 Å². The third kappa shape index (κ3) is 4.78. The summed E-state index contributed by atoms with van der Waals surface area (Å²) in [4.78, 5) is 11.7. The zero-order chi connectivity index (χ0) is 21.8. The molecule has 0 saturated carbocycles. The Labute approximate surface area is 171 Å². The van der Waals surface area contributed by atoms with Crippen LogP contribution in [0.25, 0.3) is 11.1 Å². The van der Waals surface area contributed by atoms with Crippen LogP contribution in [0.15, 0.2) is 45.2 Å². The summed E-state index contributed by atoms with van der Waals surface area (Å²) in [5.41, 5.74) is 25.8. The van der Waals surface area contributed by atoms with E-state index in [0.717, 1.165) is 0 Å². The number of hydrazine groups is 1. The molecule has 0 aromatic heterocycles. The Morgan fingerprint density at radius 2 is 1.83 bits per heavy atom. The van der Waals surface area contributed by atoms with Crippen LogP contribution in [0.3, 0.4) is 0 Å². The van der Waals surface area contributed by atoms with Crippen molar-refractivity contribution in [3.63, 3.8) is 0 Å². The van der Waals surface area contributed by atoms with Crippen molar-refractivity contribution < 1.29 is 13.2 Å². The molecule has 0 radical (unpaired) electrons. The average molecular weight is 439 g/mol. The fraction of sp³-hybridized carbons (Fsp3) is 0.125. The van der Waals surface area contributed by atoms with Crippen LogP contribution in [0, 0.1) is 0 Å². The lowest BCUT2D eigenvalue weighted by Crippen LogP contribution is -2.27. The minimum absolute atomic E-state index is 0.0132. The van der Waals surface area contributed by atoms with E-state index in [2.05, 4.69) is 5.10 Å². The largest absolute Gasteiger partial charge is 0.398 e. The molecule has 0 spiro atoms. The first-order valence-electron chi connectivity index (χ1n) is 8.13. The zero-order valence-corrected chi connectivity index (χ0v) is 16.9. The van der Waals surface area contributed by atoms with Crippen LogP contribution in [-0.4, -0.2) is 32.5 Å². The Balaban J connectivity index is 2.96. The molecule has 0 bridgehead atoms. The Bertz CT molecular complexity index is 1070. The van der Waals surface area contributed by atoms with Gasteiger partial charge in [-0.3, -0.25) is 4.79 Å². The van der Waals surface area contributed by atoms with Gasteiger partial charge in [-0.25, -0.2) is 24.9 Å². The van der Waals surface area contributed by atoms with Crippen molar-refractivity contribution in [3.05, 3.63) is 41.5 Å². The van der Waals surface area contributed by atoms with E-state index in [0.29, 0.717) is 22.8 Å². The van der Waals surface area contributed by atoms with Crippen molar-refractivity contribution in [2.45, 2.75) is 9.79 Å². The lowest BCUT2D eigenvalue weighted by atomic mass is 9.95. The number of carbonyl (C=O) groups excluding carboxylic acids is 1. The highest BCUT2D eigenvalue weighted by Crippen LogP contribution is 2.38. The van der Waals surface area contributed by atoms with Crippen molar-refractivity contribution in [2.24, 2.45) is 33.3 Å². The van der Waals surface area contributed by atoms with Gasteiger partial charge in [-0.05, 0) is 17.7 Å². The number of nitrogens with one attached hydrogen (secondary N) is 1. The Kier molecular flexibility index (Phi) is 7.05. The molecule has 0 unspecified atom stereocenters. The molecule has 0 aliphatic heterocycles. The monoisotopic (exact) mass is 438 g/mol. The minimum Gasteiger partial charge on any atom is -0.398 e. The van der Waals surface area contributed by atoms with Crippen LogP contribution in [0.2, 0.25) is 0 Å². The van der Waals surface area contributed by atoms with Gasteiger partial charge >= 0.3 is 0 Å². The van der Waals surface area contributed by atoms with Gasteiger partial charge in [0.05, 0.1) is 11.3 Å². The molecule has 2 rings (SSSR count). The molecule has 156 valence electrons. The van der Waals surface area contributed by atoms with Crippen molar-refractivity contribution in [1.29, 1.82) is 0 Å². The van der Waals surface area contributed by atoms with Gasteiger partial charge in [-0.2, -0.15) is 0 Å². The molecule has 13 N–H and O–H groups in total. The van der Waals surface area contributed by atoms with E-state index >= 15 is 0 Å². The number of benzene rings is 2. The number of hydrazone groups is 1. The summed E-state index contributed by atoms with van der Waals surface area (Å²) in [6.45, 7) is 0.313. The second-order valence-corrected chi connectivity index (χ2v) is 8.39. The van der Waals surface area contributed by atoms with Crippen molar-refractivity contribution in [1.82, 2.24) is 5.53 Å². The number of carbonyl (C=O) groups is 1. The van der Waals surface area contributed by atoms with Crippen LogP contribution >= 0.6 is 11.8 Å². The quantitative estimate of drug-likeness (QED) is 0.0655. The molecule has 13 heteroatoms. The molecule has 0 fully saturated rings. The van der Waals surface area contributed by atoms with Gasteiger partial charge in [0.2, 0.25) is 10.0 Å². The molecular weight excluding hydrogens is 416 g/mol. The highest BCUT2D eigenvalue weighted by atomic mass is 32.2. The standard InChI is InChI=1S/C16H22N8O3S2/c17-6-7-28-11-5-4-8(9-2-1-3-10(13(9)18)16(20)25)12(15(19)23-24-21)14(11)29(22,26)27/h1-5,24H,6-7,17-18,21H2,(H2,19,23)(H2,20,25)(H2,22,26,27). The number of primary sulfonamides is 1. The van der Waals surface area contributed by atoms with Gasteiger partial charge in [0, 0.05) is 28.3 Å². The molecular formula is C16H22N8O3S2. The van der Waals surface area contributed by atoms with Crippen LogP contribution in [-0.2, 0) is 10.0 Å². The van der Waals surface area contributed by atoms with E-state index < -0.39 is 15.9 Å². The van der Waals surface area contributed by atoms with Gasteiger partial charge in [0.15, 0.2) is 5.84 Å². The van der Waals surface area contributed by atoms with E-state index in [-0.39, 0.29) is 33.1 Å². The van der Waals surface area contributed by atoms with Gasteiger partial charge in [-0.1, -0.05) is 18.2 Å². The second kappa shape index (κ2) is 9.11. The topological polar surface area (TPSA) is 232 Å². The molecule has 0 atom stereocenters. The smallest absolute Gasteiger partial charge is 0.250 e. The lowest BCUT2D eigenvalue weighted by Gasteiger charge is -2.18. The molecule has 29 heavy (non-hydrogen) atoms. The molecule has 0 aliphatic rings. The number of hydrogen-bond acceptors (Lipinski definition) is 9. The summed E-state index contributed by atoms with van der Waals surface area (Å²) in [6, 6.07) is 7.74. The predicted octanol–water partition coefficient (Wildman–Crippen LogP) is -1.18. The number of nitrogen functional groups attached to an aromatic ring is 1. The fourth-order valence-electron chi connectivity index (χ4n) is 2.75. The number of amidine groups is 1. The van der Waals surface area contributed by atoms with E-state index in [1.807, 2.05) is 5.53 Å². The Morgan fingerprint density at radius 1 is 1.14 bits per heavy atom. The molecule has 1 amide bonds. The van der Waals surface area contributed by atoms with Crippen LogP contribution < -0.4 is 39.5 Å². The highest BCUT2D eigenvalue weighted by Gasteiger charge is 2.26. The molecule has 0 aliphatic carbocycles. The molecule has 11 nitrogen and oxygen atoms in total. The third-order valence-electron chi connectivity index (χ3n) is 3.88. The van der Waals surface area contributed by atoms with Gasteiger partial charge in [-0.15, -0.1) is 16.9 Å². The number of sulfonamides is 1. The zero-order valence-electron chi connectivity index (χ0n) is 15.3. The first-order chi connectivity index (χ1) is 13.6. The fourth-order valence-corrected chi connectivity index (χ4v) is 4.86. The first kappa shape index (κ1) is 22.4. The van der Waals surface area contributed by atoms with E-state index in [1.165, 1.54) is 17.8 Å². The molecule has 0 saturated heterocycles. The summed E-state index contributed by atoms with van der Waals surface area (Å²) in [5, 5.41) is 9.19. The second-order valence-electron chi connectivity index (χ2n) is 5.75. The molecule has 2 aromatic rings. The number of para-hydroxylation sites is 1. The van der Waals surface area contributed by atoms with Crippen LogP contribution in [0.5, 0.6) is 0 Å². The molecule has 2 aromatic carbocycles. The molecule has 0 heterocycles.